The molecular formula is C9H9Cl2NO. The molecule has 0 spiro atoms. The van der Waals surface area contributed by atoms with Crippen LogP contribution in [0.4, 0.5) is 0 Å². The lowest BCUT2D eigenvalue weighted by molar-refractivity contribution is 0.142. The second kappa shape index (κ2) is 3.74. The molecule has 1 aromatic carbocycles. The molecule has 1 saturated heterocycles. The Morgan fingerprint density at radius 2 is 1.85 bits per heavy atom. The molecule has 1 N–H and O–H groups in total. The van der Waals surface area contributed by atoms with Gasteiger partial charge in [0.15, 0.2) is 5.75 Å². The van der Waals surface area contributed by atoms with E-state index in [9.17, 15) is 0 Å². The highest BCUT2D eigenvalue weighted by Crippen LogP contribution is 2.33. The maximum absolute atomic E-state index is 5.92. The Morgan fingerprint density at radius 3 is 2.31 bits per heavy atom. The van der Waals surface area contributed by atoms with E-state index in [1.165, 1.54) is 0 Å². The van der Waals surface area contributed by atoms with Crippen LogP contribution < -0.4 is 10.1 Å². The van der Waals surface area contributed by atoms with Gasteiger partial charge in [0.25, 0.3) is 0 Å². The lowest BCUT2D eigenvalue weighted by Gasteiger charge is -2.28. The first-order chi connectivity index (χ1) is 6.27. The molecule has 0 bridgehead atoms. The third-order valence-electron chi connectivity index (χ3n) is 1.95. The molecule has 1 aromatic rings. The zero-order valence-corrected chi connectivity index (χ0v) is 8.40. The van der Waals surface area contributed by atoms with E-state index in [0.717, 1.165) is 13.1 Å². The molecule has 0 unspecified atom stereocenters. The van der Waals surface area contributed by atoms with Crippen LogP contribution in [0.3, 0.4) is 0 Å². The van der Waals surface area contributed by atoms with Crippen molar-refractivity contribution in [3.8, 4) is 5.75 Å². The van der Waals surface area contributed by atoms with Crippen molar-refractivity contribution >= 4 is 23.2 Å². The van der Waals surface area contributed by atoms with Crippen molar-refractivity contribution in [3.05, 3.63) is 28.2 Å². The molecule has 2 nitrogen and oxygen atoms in total. The molecule has 1 aliphatic heterocycles. The maximum Gasteiger partial charge on any atom is 0.157 e. The lowest BCUT2D eigenvalue weighted by atomic mass is 10.2. The van der Waals surface area contributed by atoms with E-state index in [-0.39, 0.29) is 6.10 Å². The van der Waals surface area contributed by atoms with E-state index in [1.54, 1.807) is 18.2 Å². The first-order valence-corrected chi connectivity index (χ1v) is 4.84. The molecule has 70 valence electrons. The molecule has 0 amide bonds. The molecule has 4 heteroatoms. The van der Waals surface area contributed by atoms with Crippen LogP contribution in [0.2, 0.25) is 10.0 Å². The Bertz CT molecular complexity index is 292. The largest absolute Gasteiger partial charge is 0.485 e. The van der Waals surface area contributed by atoms with Crippen LogP contribution in [0.25, 0.3) is 0 Å². The topological polar surface area (TPSA) is 21.3 Å². The van der Waals surface area contributed by atoms with E-state index in [0.29, 0.717) is 15.8 Å². The van der Waals surface area contributed by atoms with Crippen LogP contribution in [0, 0.1) is 0 Å². The van der Waals surface area contributed by atoms with Crippen molar-refractivity contribution in [2.45, 2.75) is 6.10 Å². The van der Waals surface area contributed by atoms with Crippen molar-refractivity contribution in [2.75, 3.05) is 13.1 Å². The minimum absolute atomic E-state index is 0.206. The molecule has 13 heavy (non-hydrogen) atoms. The van der Waals surface area contributed by atoms with Crippen LogP contribution in [0.1, 0.15) is 0 Å². The highest BCUT2D eigenvalue weighted by Gasteiger charge is 2.20. The van der Waals surface area contributed by atoms with Gasteiger partial charge in [0.05, 0.1) is 10.0 Å². The lowest BCUT2D eigenvalue weighted by Crippen LogP contribution is -2.50. The Balaban J connectivity index is 2.17. The minimum atomic E-state index is 0.206. The van der Waals surface area contributed by atoms with Gasteiger partial charge in [-0.15, -0.1) is 0 Å². The summed E-state index contributed by atoms with van der Waals surface area (Å²) in [7, 11) is 0. The molecule has 2 rings (SSSR count). The molecule has 0 aromatic heterocycles. The molecule has 1 heterocycles. The molecule has 0 aliphatic carbocycles. The first-order valence-electron chi connectivity index (χ1n) is 4.09. The Morgan fingerprint density at radius 1 is 1.23 bits per heavy atom. The van der Waals surface area contributed by atoms with Gasteiger partial charge in [-0.2, -0.15) is 0 Å². The fourth-order valence-corrected chi connectivity index (χ4v) is 1.59. The summed E-state index contributed by atoms with van der Waals surface area (Å²) in [5.41, 5.74) is 0. The van der Waals surface area contributed by atoms with Gasteiger partial charge >= 0.3 is 0 Å². The van der Waals surface area contributed by atoms with Gasteiger partial charge < -0.3 is 10.1 Å². The zero-order valence-electron chi connectivity index (χ0n) is 6.89. The SMILES string of the molecule is Clc1cccc(Cl)c1OC1CNC1. The molecular weight excluding hydrogens is 209 g/mol. The normalized spacial score (nSPS) is 16.8. The predicted octanol–water partition coefficient (Wildman–Crippen LogP) is 2.34. The number of nitrogens with one attached hydrogen (secondary N) is 1. The highest BCUT2D eigenvalue weighted by atomic mass is 35.5. The number of hydrogen-bond donors (Lipinski definition) is 1. The first kappa shape index (κ1) is 9.13. The zero-order chi connectivity index (χ0) is 9.26. The van der Waals surface area contributed by atoms with Gasteiger partial charge in [-0.1, -0.05) is 29.3 Å². The van der Waals surface area contributed by atoms with Gasteiger partial charge in [-0.25, -0.2) is 0 Å². The van der Waals surface area contributed by atoms with Gasteiger partial charge in [0, 0.05) is 13.1 Å². The van der Waals surface area contributed by atoms with Crippen LogP contribution in [-0.2, 0) is 0 Å². The second-order valence-electron chi connectivity index (χ2n) is 2.95. The standard InChI is InChI=1S/C9H9Cl2NO/c10-7-2-1-3-8(11)9(7)13-6-4-12-5-6/h1-3,6,12H,4-5H2. The fourth-order valence-electron chi connectivity index (χ4n) is 1.11. The maximum atomic E-state index is 5.92. The van der Waals surface area contributed by atoms with Crippen LogP contribution >= 0.6 is 23.2 Å². The van der Waals surface area contributed by atoms with E-state index in [1.807, 2.05) is 0 Å². The Labute approximate surface area is 86.8 Å². The third-order valence-corrected chi connectivity index (χ3v) is 2.54. The monoisotopic (exact) mass is 217 g/mol. The quantitative estimate of drug-likeness (QED) is 0.822. The molecule has 1 fully saturated rings. The van der Waals surface area contributed by atoms with Gasteiger partial charge in [0.2, 0.25) is 0 Å². The summed E-state index contributed by atoms with van der Waals surface area (Å²) in [6.07, 6.45) is 0.206. The summed E-state index contributed by atoms with van der Waals surface area (Å²) in [5, 5.41) is 4.25. The van der Waals surface area contributed by atoms with Crippen molar-refractivity contribution in [1.82, 2.24) is 5.32 Å². The van der Waals surface area contributed by atoms with Gasteiger partial charge in [-0.05, 0) is 12.1 Å². The number of para-hydroxylation sites is 1. The summed E-state index contributed by atoms with van der Waals surface area (Å²) in [6.45, 7) is 1.73. The van der Waals surface area contributed by atoms with Crippen molar-refractivity contribution in [2.24, 2.45) is 0 Å². The van der Waals surface area contributed by atoms with Crippen molar-refractivity contribution in [1.29, 1.82) is 0 Å². The summed E-state index contributed by atoms with van der Waals surface area (Å²) >= 11 is 11.8. The molecule has 1 aliphatic rings. The van der Waals surface area contributed by atoms with Crippen molar-refractivity contribution in [3.63, 3.8) is 0 Å². The van der Waals surface area contributed by atoms with Gasteiger partial charge in [-0.3, -0.25) is 0 Å². The van der Waals surface area contributed by atoms with Crippen LogP contribution in [-0.4, -0.2) is 19.2 Å². The second-order valence-corrected chi connectivity index (χ2v) is 3.76. The minimum Gasteiger partial charge on any atom is -0.485 e. The number of halogens is 2. The smallest absolute Gasteiger partial charge is 0.157 e. The molecule has 0 radical (unpaired) electrons. The summed E-state index contributed by atoms with van der Waals surface area (Å²) < 4.78 is 5.59. The summed E-state index contributed by atoms with van der Waals surface area (Å²) in [6, 6.07) is 5.35. The van der Waals surface area contributed by atoms with E-state index in [2.05, 4.69) is 5.32 Å². The van der Waals surface area contributed by atoms with Crippen LogP contribution in [0.15, 0.2) is 18.2 Å². The summed E-state index contributed by atoms with van der Waals surface area (Å²) in [4.78, 5) is 0. The average molecular weight is 218 g/mol. The average Bonchev–Trinajstić information content (AvgIpc) is 2.00. The molecule has 0 saturated carbocycles. The number of benzene rings is 1. The van der Waals surface area contributed by atoms with E-state index < -0.39 is 0 Å². The van der Waals surface area contributed by atoms with Crippen molar-refractivity contribution < 1.29 is 4.74 Å². The Hall–Kier alpha value is -0.440. The van der Waals surface area contributed by atoms with Gasteiger partial charge in [0.1, 0.15) is 6.10 Å². The number of hydrogen-bond acceptors (Lipinski definition) is 2. The Kier molecular flexibility index (Phi) is 2.63. The van der Waals surface area contributed by atoms with Crippen LogP contribution in [0.5, 0.6) is 5.75 Å². The number of rotatable bonds is 2. The number of ether oxygens (including phenoxy) is 1. The summed E-state index contributed by atoms with van der Waals surface area (Å²) in [5.74, 6) is 0.595. The van der Waals surface area contributed by atoms with E-state index >= 15 is 0 Å². The fraction of sp³-hybridized carbons (Fsp3) is 0.333. The third kappa shape index (κ3) is 1.90. The predicted molar refractivity (Wildman–Crippen MR) is 53.7 cm³/mol. The molecule has 0 atom stereocenters. The highest BCUT2D eigenvalue weighted by molar-refractivity contribution is 6.37. The van der Waals surface area contributed by atoms with E-state index in [4.69, 9.17) is 27.9 Å².